The van der Waals surface area contributed by atoms with Gasteiger partial charge in [-0.3, -0.25) is 14.5 Å². The summed E-state index contributed by atoms with van der Waals surface area (Å²) in [4.78, 5) is 27.0. The van der Waals surface area contributed by atoms with Gasteiger partial charge < -0.3 is 0 Å². The van der Waals surface area contributed by atoms with Gasteiger partial charge in [-0.1, -0.05) is 31.2 Å². The molecule has 1 aliphatic carbocycles. The fraction of sp³-hybridized carbons (Fsp3) is 0.500. The summed E-state index contributed by atoms with van der Waals surface area (Å²) < 4.78 is 0. The predicted molar refractivity (Wildman–Crippen MR) is 93.4 cm³/mol. The molecule has 124 valence electrons. The summed E-state index contributed by atoms with van der Waals surface area (Å²) in [5.74, 6) is -0.139. The van der Waals surface area contributed by atoms with Crippen molar-refractivity contribution in [2.45, 2.75) is 65.1 Å². The van der Waals surface area contributed by atoms with E-state index < -0.39 is 5.54 Å². The summed E-state index contributed by atoms with van der Waals surface area (Å²) in [7, 11) is 0. The Morgan fingerprint density at radius 3 is 2.04 bits per heavy atom. The van der Waals surface area contributed by atoms with Gasteiger partial charge in [0.1, 0.15) is 5.54 Å². The smallest absolute Gasteiger partial charge is 0.169 e. The molecule has 0 N–H and O–H groups in total. The zero-order valence-corrected chi connectivity index (χ0v) is 14.8. The first-order valence-corrected chi connectivity index (χ1v) is 8.46. The average molecular weight is 313 g/mol. The molecule has 3 heteroatoms. The molecule has 0 saturated carbocycles. The minimum absolute atomic E-state index is 0.0258. The molecule has 0 aliphatic heterocycles. The van der Waals surface area contributed by atoms with E-state index in [4.69, 9.17) is 0 Å². The van der Waals surface area contributed by atoms with Crippen LogP contribution in [0.4, 0.5) is 0 Å². The van der Waals surface area contributed by atoms with Crippen LogP contribution in [0.15, 0.2) is 36.4 Å². The Bertz CT molecular complexity index is 605. The summed E-state index contributed by atoms with van der Waals surface area (Å²) in [6.45, 7) is 10.5. The minimum Gasteiger partial charge on any atom is -0.296 e. The molecule has 0 heterocycles. The van der Waals surface area contributed by atoms with Gasteiger partial charge in [0, 0.05) is 12.1 Å². The Morgan fingerprint density at radius 1 is 1.04 bits per heavy atom. The summed E-state index contributed by atoms with van der Waals surface area (Å²) in [6.07, 6.45) is 4.32. The lowest BCUT2D eigenvalue weighted by Crippen LogP contribution is -2.57. The Balaban J connectivity index is 2.66. The number of nitrogens with zero attached hydrogens (tertiary/aromatic N) is 1. The van der Waals surface area contributed by atoms with Crippen molar-refractivity contribution in [3.63, 3.8) is 0 Å². The van der Waals surface area contributed by atoms with Gasteiger partial charge in [-0.15, -0.1) is 0 Å². The molecule has 0 saturated heterocycles. The standard InChI is InChI=1S/C20H27NO2/c1-6-16-7-9-17(10-8-16)20(21(14(2)3)15(4)5)12-11-18(22)13-19(20)23/h7-12,14-15H,6,13H2,1-5H3. The number of aryl methyl sites for hydroxylation is 1. The van der Waals surface area contributed by atoms with Crippen molar-refractivity contribution in [3.8, 4) is 0 Å². The number of carbonyl (C=O) groups excluding carboxylic acids is 2. The first-order valence-electron chi connectivity index (χ1n) is 8.46. The van der Waals surface area contributed by atoms with Crippen LogP contribution in [0.3, 0.4) is 0 Å². The maximum atomic E-state index is 13.0. The van der Waals surface area contributed by atoms with Crippen molar-refractivity contribution in [1.29, 1.82) is 0 Å². The van der Waals surface area contributed by atoms with Crippen LogP contribution in [-0.2, 0) is 21.5 Å². The number of benzene rings is 1. The van der Waals surface area contributed by atoms with Crippen LogP contribution < -0.4 is 0 Å². The zero-order valence-electron chi connectivity index (χ0n) is 14.8. The van der Waals surface area contributed by atoms with Gasteiger partial charge in [-0.2, -0.15) is 0 Å². The van der Waals surface area contributed by atoms with E-state index in [9.17, 15) is 9.59 Å². The highest BCUT2D eigenvalue weighted by atomic mass is 16.2. The zero-order chi connectivity index (χ0) is 17.2. The maximum absolute atomic E-state index is 13.0. The topological polar surface area (TPSA) is 37.4 Å². The maximum Gasteiger partial charge on any atom is 0.169 e. The van der Waals surface area contributed by atoms with Gasteiger partial charge in [0.25, 0.3) is 0 Å². The van der Waals surface area contributed by atoms with Crippen LogP contribution in [0.2, 0.25) is 0 Å². The van der Waals surface area contributed by atoms with E-state index in [1.165, 1.54) is 5.56 Å². The van der Waals surface area contributed by atoms with E-state index in [0.29, 0.717) is 0 Å². The van der Waals surface area contributed by atoms with E-state index in [-0.39, 0.29) is 30.1 Å². The molecule has 3 nitrogen and oxygen atoms in total. The Hall–Kier alpha value is -1.74. The SMILES string of the molecule is CCc1ccc(C2(N(C(C)C)C(C)C)C=CC(=O)CC2=O)cc1. The summed E-state index contributed by atoms with van der Waals surface area (Å²) in [6, 6.07) is 8.59. The van der Waals surface area contributed by atoms with Crippen LogP contribution in [0.5, 0.6) is 0 Å². The second kappa shape index (κ2) is 6.79. The van der Waals surface area contributed by atoms with Crippen LogP contribution in [0, 0.1) is 0 Å². The van der Waals surface area contributed by atoms with Crippen molar-refractivity contribution < 1.29 is 9.59 Å². The van der Waals surface area contributed by atoms with Crippen molar-refractivity contribution in [2.75, 3.05) is 0 Å². The monoisotopic (exact) mass is 313 g/mol. The molecule has 0 bridgehead atoms. The number of ketones is 2. The minimum atomic E-state index is -0.845. The second-order valence-electron chi connectivity index (χ2n) is 6.81. The third-order valence-electron chi connectivity index (χ3n) is 4.59. The van der Waals surface area contributed by atoms with Crippen molar-refractivity contribution in [1.82, 2.24) is 4.90 Å². The first kappa shape index (κ1) is 17.6. The molecule has 0 fully saturated rings. The van der Waals surface area contributed by atoms with Crippen LogP contribution >= 0.6 is 0 Å². The third kappa shape index (κ3) is 3.16. The molecule has 1 aromatic rings. The van der Waals surface area contributed by atoms with Gasteiger partial charge >= 0.3 is 0 Å². The van der Waals surface area contributed by atoms with Gasteiger partial charge in [-0.05, 0) is 57.4 Å². The molecule has 1 aromatic carbocycles. The van der Waals surface area contributed by atoms with Crippen LogP contribution in [0.25, 0.3) is 0 Å². The lowest BCUT2D eigenvalue weighted by molar-refractivity contribution is -0.136. The first-order chi connectivity index (χ1) is 10.8. The highest BCUT2D eigenvalue weighted by Crippen LogP contribution is 2.38. The Labute approximate surface area is 139 Å². The summed E-state index contributed by atoms with van der Waals surface area (Å²) >= 11 is 0. The number of Topliss-reactive ketones (excluding diaryl/α,β-unsaturated/α-hetero) is 1. The fourth-order valence-electron chi connectivity index (χ4n) is 3.70. The summed E-state index contributed by atoms with van der Waals surface area (Å²) in [5.41, 5.74) is 1.35. The van der Waals surface area contributed by atoms with Gasteiger partial charge in [-0.25, -0.2) is 0 Å². The third-order valence-corrected chi connectivity index (χ3v) is 4.59. The van der Waals surface area contributed by atoms with Gasteiger partial charge in [0.15, 0.2) is 11.6 Å². The molecule has 23 heavy (non-hydrogen) atoms. The molecule has 2 rings (SSSR count). The van der Waals surface area contributed by atoms with E-state index in [1.807, 2.05) is 18.2 Å². The largest absolute Gasteiger partial charge is 0.296 e. The Kier molecular flexibility index (Phi) is 5.20. The lowest BCUT2D eigenvalue weighted by Gasteiger charge is -2.47. The normalized spacial score (nSPS) is 21.7. The predicted octanol–water partition coefficient (Wildman–Crippen LogP) is 3.66. The van der Waals surface area contributed by atoms with Crippen molar-refractivity contribution in [2.24, 2.45) is 0 Å². The molecule has 1 aliphatic rings. The fourth-order valence-corrected chi connectivity index (χ4v) is 3.70. The van der Waals surface area contributed by atoms with E-state index in [2.05, 4.69) is 51.7 Å². The van der Waals surface area contributed by atoms with Crippen LogP contribution in [0.1, 0.15) is 52.2 Å². The molecule has 0 amide bonds. The Morgan fingerprint density at radius 2 is 1.61 bits per heavy atom. The number of hydrogen-bond acceptors (Lipinski definition) is 3. The molecular weight excluding hydrogens is 286 g/mol. The van der Waals surface area contributed by atoms with E-state index >= 15 is 0 Å². The molecule has 0 radical (unpaired) electrons. The average Bonchev–Trinajstić information content (AvgIpc) is 2.49. The van der Waals surface area contributed by atoms with E-state index in [0.717, 1.165) is 12.0 Å². The number of allylic oxidation sites excluding steroid dienone is 1. The summed E-state index contributed by atoms with van der Waals surface area (Å²) in [5, 5.41) is 0. The van der Waals surface area contributed by atoms with Gasteiger partial charge in [0.05, 0.1) is 6.42 Å². The highest BCUT2D eigenvalue weighted by Gasteiger charge is 2.47. The van der Waals surface area contributed by atoms with E-state index in [1.54, 1.807) is 6.08 Å². The lowest BCUT2D eigenvalue weighted by atomic mass is 9.76. The second-order valence-corrected chi connectivity index (χ2v) is 6.81. The number of hydrogen-bond donors (Lipinski definition) is 0. The quantitative estimate of drug-likeness (QED) is 0.779. The van der Waals surface area contributed by atoms with Crippen LogP contribution in [-0.4, -0.2) is 28.6 Å². The molecule has 0 spiro atoms. The van der Waals surface area contributed by atoms with Crippen molar-refractivity contribution >= 4 is 11.6 Å². The molecular formula is C20H27NO2. The highest BCUT2D eigenvalue weighted by molar-refractivity contribution is 6.12. The molecule has 1 unspecified atom stereocenters. The number of rotatable bonds is 5. The molecule has 0 aromatic heterocycles. The van der Waals surface area contributed by atoms with Crippen molar-refractivity contribution in [3.05, 3.63) is 47.5 Å². The number of carbonyl (C=O) groups is 2. The molecule has 1 atom stereocenters. The van der Waals surface area contributed by atoms with Gasteiger partial charge in [0.2, 0.25) is 0 Å².